The molecule has 1 saturated carbocycles. The predicted molar refractivity (Wildman–Crippen MR) is 70.8 cm³/mol. The highest BCUT2D eigenvalue weighted by Crippen LogP contribution is 2.19. The van der Waals surface area contributed by atoms with Gasteiger partial charge in [-0.25, -0.2) is 13.1 Å². The van der Waals surface area contributed by atoms with Crippen LogP contribution >= 0.6 is 0 Å². The van der Waals surface area contributed by atoms with E-state index in [9.17, 15) is 13.5 Å². The van der Waals surface area contributed by atoms with Gasteiger partial charge in [-0.15, -0.1) is 0 Å². The second-order valence-electron chi connectivity index (χ2n) is 5.55. The summed E-state index contributed by atoms with van der Waals surface area (Å²) in [5.41, 5.74) is 0. The van der Waals surface area contributed by atoms with Crippen molar-refractivity contribution in [3.05, 3.63) is 0 Å². The second kappa shape index (κ2) is 6.32. The van der Waals surface area contributed by atoms with Crippen molar-refractivity contribution in [1.29, 1.82) is 0 Å². The Kier molecular flexibility index (Phi) is 5.00. The zero-order valence-corrected chi connectivity index (χ0v) is 11.6. The van der Waals surface area contributed by atoms with Crippen LogP contribution in [0.2, 0.25) is 0 Å². The first kappa shape index (κ1) is 14.2. The van der Waals surface area contributed by atoms with Crippen molar-refractivity contribution >= 4 is 10.0 Å². The number of hydrogen-bond acceptors (Lipinski definition) is 4. The van der Waals surface area contributed by atoms with Gasteiger partial charge in [-0.3, -0.25) is 0 Å². The first-order chi connectivity index (χ1) is 8.55. The van der Waals surface area contributed by atoms with Gasteiger partial charge in [-0.1, -0.05) is 6.42 Å². The summed E-state index contributed by atoms with van der Waals surface area (Å²) >= 11 is 0. The third-order valence-corrected chi connectivity index (χ3v) is 5.41. The number of hydrogen-bond donors (Lipinski definition) is 3. The van der Waals surface area contributed by atoms with Gasteiger partial charge in [0.25, 0.3) is 0 Å². The lowest BCUT2D eigenvalue weighted by Crippen LogP contribution is -2.46. The van der Waals surface area contributed by atoms with Crippen molar-refractivity contribution in [2.75, 3.05) is 12.3 Å². The Balaban J connectivity index is 1.79. The molecule has 2 rings (SSSR count). The molecule has 0 aromatic rings. The number of nitrogens with one attached hydrogen (secondary N) is 2. The first-order valence-electron chi connectivity index (χ1n) is 6.96. The Labute approximate surface area is 109 Å². The molecule has 2 fully saturated rings. The van der Waals surface area contributed by atoms with Crippen LogP contribution in [0.5, 0.6) is 0 Å². The fraction of sp³-hybridized carbons (Fsp3) is 1.00. The number of aliphatic hydroxyl groups is 1. The maximum absolute atomic E-state index is 12.0. The molecule has 1 atom stereocenters. The quantitative estimate of drug-likeness (QED) is 0.692. The van der Waals surface area contributed by atoms with E-state index in [1.165, 1.54) is 0 Å². The average molecular weight is 276 g/mol. The van der Waals surface area contributed by atoms with Crippen LogP contribution in [0.3, 0.4) is 0 Å². The van der Waals surface area contributed by atoms with E-state index in [0.717, 1.165) is 38.6 Å². The lowest BCUT2D eigenvalue weighted by molar-refractivity contribution is 0.120. The van der Waals surface area contributed by atoms with Crippen LogP contribution in [0.25, 0.3) is 0 Å². The molecular formula is C12H24N2O3S. The summed E-state index contributed by atoms with van der Waals surface area (Å²) in [4.78, 5) is 0. The van der Waals surface area contributed by atoms with Gasteiger partial charge < -0.3 is 10.4 Å². The Morgan fingerprint density at radius 2 is 1.83 bits per heavy atom. The first-order valence-corrected chi connectivity index (χ1v) is 8.62. The molecule has 106 valence electrons. The van der Waals surface area contributed by atoms with Gasteiger partial charge >= 0.3 is 0 Å². The molecule has 0 aromatic carbocycles. The number of sulfonamides is 1. The van der Waals surface area contributed by atoms with E-state index in [-0.39, 0.29) is 23.9 Å². The third kappa shape index (κ3) is 4.50. The van der Waals surface area contributed by atoms with Crippen molar-refractivity contribution in [2.24, 2.45) is 0 Å². The topological polar surface area (TPSA) is 78.4 Å². The SMILES string of the molecule is O=S(=O)(CC1CCCCN1)NC1CCC(O)CC1. The van der Waals surface area contributed by atoms with E-state index in [2.05, 4.69) is 10.0 Å². The van der Waals surface area contributed by atoms with Crippen LogP contribution in [-0.4, -0.2) is 44.0 Å². The summed E-state index contributed by atoms with van der Waals surface area (Å²) in [6.07, 6.45) is 5.86. The van der Waals surface area contributed by atoms with Crippen molar-refractivity contribution in [3.8, 4) is 0 Å². The zero-order chi connectivity index (χ0) is 13.0. The largest absolute Gasteiger partial charge is 0.393 e. The van der Waals surface area contributed by atoms with Crippen molar-refractivity contribution in [2.45, 2.75) is 63.1 Å². The van der Waals surface area contributed by atoms with E-state index in [1.807, 2.05) is 0 Å². The molecule has 6 heteroatoms. The number of rotatable bonds is 4. The maximum Gasteiger partial charge on any atom is 0.213 e. The van der Waals surface area contributed by atoms with E-state index < -0.39 is 10.0 Å². The average Bonchev–Trinajstić information content (AvgIpc) is 2.32. The maximum atomic E-state index is 12.0. The molecule has 2 aliphatic rings. The van der Waals surface area contributed by atoms with E-state index >= 15 is 0 Å². The van der Waals surface area contributed by atoms with Gasteiger partial charge in [-0.05, 0) is 45.1 Å². The highest BCUT2D eigenvalue weighted by atomic mass is 32.2. The summed E-state index contributed by atoms with van der Waals surface area (Å²) in [5.74, 6) is 0.187. The zero-order valence-electron chi connectivity index (χ0n) is 10.8. The van der Waals surface area contributed by atoms with Gasteiger partial charge in [0.05, 0.1) is 11.9 Å². The molecule has 1 heterocycles. The molecule has 0 bridgehead atoms. The Bertz CT molecular complexity index is 344. The van der Waals surface area contributed by atoms with Crippen LogP contribution < -0.4 is 10.0 Å². The fourth-order valence-corrected chi connectivity index (χ4v) is 4.48. The highest BCUT2D eigenvalue weighted by molar-refractivity contribution is 7.89. The minimum Gasteiger partial charge on any atom is -0.393 e. The molecule has 0 radical (unpaired) electrons. The second-order valence-corrected chi connectivity index (χ2v) is 7.35. The van der Waals surface area contributed by atoms with Crippen molar-refractivity contribution < 1.29 is 13.5 Å². The lowest BCUT2D eigenvalue weighted by atomic mass is 9.94. The molecule has 1 saturated heterocycles. The summed E-state index contributed by atoms with van der Waals surface area (Å²) in [5, 5.41) is 12.7. The molecule has 0 amide bonds. The fourth-order valence-electron chi connectivity index (χ4n) is 2.83. The smallest absolute Gasteiger partial charge is 0.213 e. The van der Waals surface area contributed by atoms with Crippen LogP contribution in [0.4, 0.5) is 0 Å². The van der Waals surface area contributed by atoms with E-state index in [4.69, 9.17) is 0 Å². The lowest BCUT2D eigenvalue weighted by Gasteiger charge is -2.28. The summed E-state index contributed by atoms with van der Waals surface area (Å²) in [6, 6.07) is 0.118. The predicted octanol–water partition coefficient (Wildman–Crippen LogP) is 0.351. The van der Waals surface area contributed by atoms with Gasteiger partial charge in [0, 0.05) is 12.1 Å². The molecule has 1 aliphatic heterocycles. The van der Waals surface area contributed by atoms with Gasteiger partial charge in [0.2, 0.25) is 10.0 Å². The Morgan fingerprint density at radius 3 is 2.44 bits per heavy atom. The van der Waals surface area contributed by atoms with Crippen LogP contribution in [0, 0.1) is 0 Å². The molecule has 18 heavy (non-hydrogen) atoms. The Morgan fingerprint density at radius 1 is 1.11 bits per heavy atom. The highest BCUT2D eigenvalue weighted by Gasteiger charge is 2.26. The summed E-state index contributed by atoms with van der Waals surface area (Å²) in [7, 11) is -3.19. The minimum atomic E-state index is -3.19. The molecule has 1 aliphatic carbocycles. The van der Waals surface area contributed by atoms with Gasteiger partial charge in [0.1, 0.15) is 0 Å². The minimum absolute atomic E-state index is 0.0157. The molecule has 0 aromatic heterocycles. The monoisotopic (exact) mass is 276 g/mol. The van der Waals surface area contributed by atoms with Crippen LogP contribution in [0.1, 0.15) is 44.9 Å². The normalized spacial score (nSPS) is 34.4. The standard InChI is InChI=1S/C12H24N2O3S/c15-12-6-4-10(5-7-12)14-18(16,17)9-11-3-1-2-8-13-11/h10-15H,1-9H2. The van der Waals surface area contributed by atoms with E-state index in [0.29, 0.717) is 12.8 Å². The molecule has 1 unspecified atom stereocenters. The molecule has 3 N–H and O–H groups in total. The Hall–Kier alpha value is -0.170. The third-order valence-electron chi connectivity index (χ3n) is 3.88. The van der Waals surface area contributed by atoms with Gasteiger partial charge in [-0.2, -0.15) is 0 Å². The van der Waals surface area contributed by atoms with E-state index in [1.54, 1.807) is 0 Å². The van der Waals surface area contributed by atoms with Gasteiger partial charge in [0.15, 0.2) is 0 Å². The number of piperidine rings is 1. The molecule has 0 spiro atoms. The van der Waals surface area contributed by atoms with Crippen LogP contribution in [0.15, 0.2) is 0 Å². The molecular weight excluding hydrogens is 252 g/mol. The van der Waals surface area contributed by atoms with Crippen molar-refractivity contribution in [1.82, 2.24) is 10.0 Å². The molecule has 5 nitrogen and oxygen atoms in total. The summed E-state index contributed by atoms with van der Waals surface area (Å²) < 4.78 is 26.9. The number of aliphatic hydroxyl groups excluding tert-OH is 1. The van der Waals surface area contributed by atoms with Crippen LogP contribution in [-0.2, 0) is 10.0 Å². The van der Waals surface area contributed by atoms with Crippen molar-refractivity contribution in [3.63, 3.8) is 0 Å². The summed E-state index contributed by atoms with van der Waals surface area (Å²) in [6.45, 7) is 0.926.